The Morgan fingerprint density at radius 1 is 0.310 bits per heavy atom. The van der Waals surface area contributed by atoms with Gasteiger partial charge in [0, 0.05) is 38.4 Å². The van der Waals surface area contributed by atoms with Crippen LogP contribution in [0.1, 0.15) is 11.1 Å². The maximum atomic E-state index is 5.14. The molecule has 0 radical (unpaired) electrons. The first-order chi connectivity index (χ1) is 28.6. The molecule has 0 amide bonds. The van der Waals surface area contributed by atoms with E-state index in [1.54, 1.807) is 0 Å². The van der Waals surface area contributed by atoms with Crippen LogP contribution >= 0.6 is 0 Å². The monoisotopic (exact) mass is 743 g/mol. The summed E-state index contributed by atoms with van der Waals surface area (Å²) in [6.07, 6.45) is 0. The van der Waals surface area contributed by atoms with Crippen LogP contribution in [0, 0.1) is 13.8 Å². The van der Waals surface area contributed by atoms with Gasteiger partial charge in [0.1, 0.15) is 0 Å². The first-order valence-electron chi connectivity index (χ1n) is 19.7. The van der Waals surface area contributed by atoms with Crippen LogP contribution in [-0.2, 0) is 0 Å². The lowest BCUT2D eigenvalue weighted by molar-refractivity contribution is 0.953. The van der Waals surface area contributed by atoms with Crippen LogP contribution < -0.4 is 0 Å². The molecule has 274 valence electrons. The molecule has 3 aromatic heterocycles. The summed E-state index contributed by atoms with van der Waals surface area (Å²) in [5.74, 6) is 1.84. The number of para-hydroxylation sites is 1. The second-order valence-electron chi connectivity index (χ2n) is 15.1. The molecule has 5 nitrogen and oxygen atoms in total. The standard InChI is InChI=1S/C53H37N5/c1-34-17-21-36(22-18-34)40-25-28-48-44(31-40)45-32-41(37-23-19-35(2)20-24-37)26-29-49(45)57(48)42-27-30-50-46(33-42)43-15-9-10-16-47(43)58(50)53-55-51(38-11-5-3-6-12-38)54-52(56-53)39-13-7-4-8-14-39/h3-33H,1-2H3. The number of nitrogens with zero attached hydrogens (tertiary/aromatic N) is 5. The van der Waals surface area contributed by atoms with Crippen molar-refractivity contribution in [1.29, 1.82) is 0 Å². The molecular formula is C53H37N5. The summed E-state index contributed by atoms with van der Waals surface area (Å²) in [7, 11) is 0. The molecule has 0 aliphatic rings. The number of hydrogen-bond donors (Lipinski definition) is 0. The molecule has 3 heterocycles. The lowest BCUT2D eigenvalue weighted by atomic mass is 9.99. The number of rotatable bonds is 6. The second kappa shape index (κ2) is 13.5. The van der Waals surface area contributed by atoms with E-state index in [1.165, 1.54) is 44.2 Å². The summed E-state index contributed by atoms with van der Waals surface area (Å²) in [6.45, 7) is 4.27. The molecule has 0 unspecified atom stereocenters. The minimum atomic E-state index is 0.579. The van der Waals surface area contributed by atoms with Gasteiger partial charge >= 0.3 is 0 Å². The van der Waals surface area contributed by atoms with Crippen molar-refractivity contribution in [1.82, 2.24) is 24.1 Å². The van der Waals surface area contributed by atoms with E-state index in [0.29, 0.717) is 17.6 Å². The Labute approximate surface area is 336 Å². The molecule has 0 aliphatic heterocycles. The maximum Gasteiger partial charge on any atom is 0.238 e. The van der Waals surface area contributed by atoms with Crippen LogP contribution in [0.15, 0.2) is 188 Å². The van der Waals surface area contributed by atoms with E-state index in [9.17, 15) is 0 Å². The molecule has 0 atom stereocenters. The summed E-state index contributed by atoms with van der Waals surface area (Å²) in [4.78, 5) is 15.2. The van der Waals surface area contributed by atoms with Crippen LogP contribution in [0.3, 0.4) is 0 Å². The normalized spacial score (nSPS) is 11.6. The predicted molar refractivity (Wildman–Crippen MR) is 240 cm³/mol. The van der Waals surface area contributed by atoms with Crippen LogP contribution in [0.2, 0.25) is 0 Å². The third kappa shape index (κ3) is 5.67. The van der Waals surface area contributed by atoms with Crippen molar-refractivity contribution in [3.8, 4) is 56.7 Å². The third-order valence-electron chi connectivity index (χ3n) is 11.3. The van der Waals surface area contributed by atoms with Crippen molar-refractivity contribution in [2.24, 2.45) is 0 Å². The molecule has 0 saturated carbocycles. The molecule has 58 heavy (non-hydrogen) atoms. The Morgan fingerprint density at radius 2 is 0.741 bits per heavy atom. The van der Waals surface area contributed by atoms with Crippen molar-refractivity contribution in [3.05, 3.63) is 199 Å². The van der Waals surface area contributed by atoms with Crippen molar-refractivity contribution in [2.75, 3.05) is 0 Å². The van der Waals surface area contributed by atoms with Gasteiger partial charge in [0.2, 0.25) is 5.95 Å². The summed E-state index contributed by atoms with van der Waals surface area (Å²) in [6, 6.07) is 67.0. The van der Waals surface area contributed by atoms with Gasteiger partial charge in [0.05, 0.1) is 22.1 Å². The zero-order valence-electron chi connectivity index (χ0n) is 32.1. The summed E-state index contributed by atoms with van der Waals surface area (Å²) in [5.41, 5.74) is 14.7. The highest BCUT2D eigenvalue weighted by Gasteiger charge is 2.20. The zero-order valence-corrected chi connectivity index (χ0v) is 32.1. The van der Waals surface area contributed by atoms with E-state index in [-0.39, 0.29) is 0 Å². The number of benzene rings is 8. The third-order valence-corrected chi connectivity index (χ3v) is 11.3. The average molecular weight is 744 g/mol. The SMILES string of the molecule is Cc1ccc(-c2ccc3c(c2)c2cc(-c4ccc(C)cc4)ccc2n3-c2ccc3c(c2)c2ccccc2n3-c2nc(-c3ccccc3)nc(-c3ccccc3)n2)cc1. The molecule has 11 aromatic rings. The van der Waals surface area contributed by atoms with E-state index in [4.69, 9.17) is 15.0 Å². The van der Waals surface area contributed by atoms with E-state index < -0.39 is 0 Å². The van der Waals surface area contributed by atoms with Gasteiger partial charge in [-0.1, -0.05) is 151 Å². The highest BCUT2D eigenvalue weighted by atomic mass is 15.2. The molecule has 0 N–H and O–H groups in total. The fourth-order valence-electron chi connectivity index (χ4n) is 8.37. The van der Waals surface area contributed by atoms with Gasteiger partial charge in [0.25, 0.3) is 0 Å². The molecule has 0 bridgehead atoms. The average Bonchev–Trinajstić information content (AvgIpc) is 3.79. The summed E-state index contributed by atoms with van der Waals surface area (Å²) >= 11 is 0. The minimum absolute atomic E-state index is 0.579. The predicted octanol–water partition coefficient (Wildman–Crippen LogP) is 13.4. The van der Waals surface area contributed by atoms with Crippen LogP contribution in [0.5, 0.6) is 0 Å². The lowest BCUT2D eigenvalue weighted by Gasteiger charge is -2.12. The van der Waals surface area contributed by atoms with E-state index >= 15 is 0 Å². The minimum Gasteiger partial charge on any atom is -0.309 e. The maximum absolute atomic E-state index is 5.14. The Balaban J connectivity index is 1.14. The highest BCUT2D eigenvalue weighted by Crippen LogP contribution is 2.40. The zero-order chi connectivity index (χ0) is 38.7. The Bertz CT molecular complexity index is 3160. The second-order valence-corrected chi connectivity index (χ2v) is 15.1. The van der Waals surface area contributed by atoms with Gasteiger partial charge in [-0.25, -0.2) is 4.98 Å². The molecule has 11 rings (SSSR count). The van der Waals surface area contributed by atoms with Crippen LogP contribution in [-0.4, -0.2) is 24.1 Å². The topological polar surface area (TPSA) is 48.5 Å². The van der Waals surface area contributed by atoms with Crippen molar-refractivity contribution < 1.29 is 0 Å². The quantitative estimate of drug-likeness (QED) is 0.170. The van der Waals surface area contributed by atoms with Crippen LogP contribution in [0.4, 0.5) is 0 Å². The van der Waals surface area contributed by atoms with Gasteiger partial charge in [-0.05, 0) is 84.6 Å². The molecule has 8 aromatic carbocycles. The van der Waals surface area contributed by atoms with Gasteiger partial charge in [-0.15, -0.1) is 0 Å². The number of aromatic nitrogens is 5. The molecule has 0 spiro atoms. The lowest BCUT2D eigenvalue weighted by Crippen LogP contribution is -2.06. The fourth-order valence-corrected chi connectivity index (χ4v) is 8.37. The number of hydrogen-bond acceptors (Lipinski definition) is 3. The van der Waals surface area contributed by atoms with Crippen molar-refractivity contribution in [2.45, 2.75) is 13.8 Å². The van der Waals surface area contributed by atoms with E-state index in [2.05, 4.69) is 150 Å². The smallest absolute Gasteiger partial charge is 0.238 e. The van der Waals surface area contributed by atoms with Crippen LogP contribution in [0.25, 0.3) is 100 Å². The highest BCUT2D eigenvalue weighted by molar-refractivity contribution is 6.13. The largest absolute Gasteiger partial charge is 0.309 e. The van der Waals surface area contributed by atoms with E-state index in [1.807, 2.05) is 60.7 Å². The summed E-state index contributed by atoms with van der Waals surface area (Å²) < 4.78 is 4.60. The van der Waals surface area contributed by atoms with Gasteiger partial charge in [-0.2, -0.15) is 9.97 Å². The van der Waals surface area contributed by atoms with E-state index in [0.717, 1.165) is 49.7 Å². The van der Waals surface area contributed by atoms with Gasteiger partial charge < -0.3 is 4.57 Å². The molecular weight excluding hydrogens is 707 g/mol. The first-order valence-corrected chi connectivity index (χ1v) is 19.7. The summed E-state index contributed by atoms with van der Waals surface area (Å²) in [5, 5.41) is 4.69. The Kier molecular flexibility index (Phi) is 7.86. The van der Waals surface area contributed by atoms with Gasteiger partial charge in [-0.3, -0.25) is 4.57 Å². The molecule has 0 fully saturated rings. The Hall–Kier alpha value is -7.63. The fraction of sp³-hybridized carbons (Fsp3) is 0.0377. The van der Waals surface area contributed by atoms with Crippen molar-refractivity contribution >= 4 is 43.6 Å². The van der Waals surface area contributed by atoms with Crippen molar-refractivity contribution in [3.63, 3.8) is 0 Å². The number of aryl methyl sites for hydroxylation is 2. The number of fused-ring (bicyclic) bond motifs is 6. The molecule has 0 aliphatic carbocycles. The Morgan fingerprint density at radius 3 is 1.29 bits per heavy atom. The molecule has 5 heteroatoms. The van der Waals surface area contributed by atoms with Gasteiger partial charge in [0.15, 0.2) is 11.6 Å². The molecule has 0 saturated heterocycles. The first kappa shape index (κ1) is 33.7.